The SMILES string of the molecule is C=C(C)C(=O)N(CCC[Si](C)(OCC)OCC)CCC[Si](C)(OCC)OCC. The Morgan fingerprint density at radius 3 is 1.36 bits per heavy atom. The van der Waals surface area contributed by atoms with Crippen LogP contribution in [0.15, 0.2) is 12.2 Å². The summed E-state index contributed by atoms with van der Waals surface area (Å²) in [6, 6.07) is 1.75. The van der Waals surface area contributed by atoms with Crippen molar-refractivity contribution in [1.29, 1.82) is 0 Å². The second-order valence-electron chi connectivity index (χ2n) is 7.28. The molecule has 0 aliphatic rings. The van der Waals surface area contributed by atoms with Crippen molar-refractivity contribution in [3.8, 4) is 0 Å². The van der Waals surface area contributed by atoms with Gasteiger partial charge in [0.05, 0.1) is 0 Å². The van der Waals surface area contributed by atoms with Gasteiger partial charge in [-0.25, -0.2) is 0 Å². The molecular formula is C20H43NO5Si2. The van der Waals surface area contributed by atoms with Crippen LogP contribution < -0.4 is 0 Å². The first-order chi connectivity index (χ1) is 13.2. The molecule has 0 aromatic carbocycles. The number of rotatable bonds is 17. The average molecular weight is 434 g/mol. The molecule has 0 rings (SSSR count). The first-order valence-corrected chi connectivity index (χ1v) is 15.7. The lowest BCUT2D eigenvalue weighted by molar-refractivity contribution is -0.127. The van der Waals surface area contributed by atoms with Crippen molar-refractivity contribution < 1.29 is 22.5 Å². The number of carbonyl (C=O) groups excluding carboxylic acids is 1. The van der Waals surface area contributed by atoms with Crippen LogP contribution in [0.4, 0.5) is 0 Å². The normalized spacial score (nSPS) is 12.2. The Balaban J connectivity index is 4.79. The minimum absolute atomic E-state index is 0.0207. The van der Waals surface area contributed by atoms with Gasteiger partial charge in [-0.1, -0.05) is 6.58 Å². The van der Waals surface area contributed by atoms with E-state index >= 15 is 0 Å². The van der Waals surface area contributed by atoms with Crippen LogP contribution in [0.25, 0.3) is 0 Å². The Bertz CT molecular complexity index is 422. The van der Waals surface area contributed by atoms with Crippen molar-refractivity contribution in [2.45, 2.75) is 72.6 Å². The molecule has 1 amide bonds. The van der Waals surface area contributed by atoms with E-state index in [1.165, 1.54) is 0 Å². The predicted molar refractivity (Wildman–Crippen MR) is 120 cm³/mol. The molecule has 0 aliphatic carbocycles. The van der Waals surface area contributed by atoms with E-state index in [1.807, 2.05) is 32.6 Å². The third-order valence-corrected chi connectivity index (χ3v) is 10.7. The molecule has 6 nitrogen and oxygen atoms in total. The minimum Gasteiger partial charge on any atom is -0.395 e. The van der Waals surface area contributed by atoms with Crippen molar-refractivity contribution in [2.24, 2.45) is 0 Å². The van der Waals surface area contributed by atoms with Gasteiger partial charge in [0.2, 0.25) is 5.91 Å². The van der Waals surface area contributed by atoms with Crippen molar-refractivity contribution >= 4 is 23.0 Å². The summed E-state index contributed by atoms with van der Waals surface area (Å²) in [7, 11) is -4.31. The maximum Gasteiger partial charge on any atom is 0.334 e. The number of hydrogen-bond donors (Lipinski definition) is 0. The van der Waals surface area contributed by atoms with Crippen molar-refractivity contribution in [3.63, 3.8) is 0 Å². The summed E-state index contributed by atoms with van der Waals surface area (Å²) in [6.07, 6.45) is 1.74. The van der Waals surface area contributed by atoms with Gasteiger partial charge in [0.25, 0.3) is 0 Å². The smallest absolute Gasteiger partial charge is 0.334 e. The Morgan fingerprint density at radius 2 is 1.11 bits per heavy atom. The van der Waals surface area contributed by atoms with E-state index in [1.54, 1.807) is 6.92 Å². The second kappa shape index (κ2) is 14.5. The highest BCUT2D eigenvalue weighted by atomic mass is 28.4. The highest BCUT2D eigenvalue weighted by Gasteiger charge is 2.32. The van der Waals surface area contributed by atoms with Gasteiger partial charge >= 0.3 is 17.1 Å². The first kappa shape index (κ1) is 27.5. The number of nitrogens with zero attached hydrogens (tertiary/aromatic N) is 1. The molecule has 0 spiro atoms. The number of carbonyl (C=O) groups is 1. The van der Waals surface area contributed by atoms with E-state index in [0.717, 1.165) is 24.9 Å². The molecule has 8 heteroatoms. The standard InChI is InChI=1S/C20H43NO5Si2/c1-9-23-27(7,24-10-2)17-13-15-21(20(22)19(5)6)16-14-18-28(8,25-11-3)26-12-4/h5,9-18H2,1-4,6-8H3. The number of amides is 1. The van der Waals surface area contributed by atoms with Crippen LogP contribution in [-0.2, 0) is 22.5 Å². The Kier molecular flexibility index (Phi) is 14.2. The fourth-order valence-electron chi connectivity index (χ4n) is 3.36. The van der Waals surface area contributed by atoms with Crippen LogP contribution in [0, 0.1) is 0 Å². The molecule has 0 heterocycles. The molecule has 0 unspecified atom stereocenters. The van der Waals surface area contributed by atoms with Gasteiger partial charge in [0.15, 0.2) is 0 Å². The summed E-state index contributed by atoms with van der Waals surface area (Å²) >= 11 is 0. The lowest BCUT2D eigenvalue weighted by atomic mass is 10.2. The molecule has 0 fully saturated rings. The summed E-state index contributed by atoms with van der Waals surface area (Å²) in [5.74, 6) is 0.0207. The molecular weight excluding hydrogens is 390 g/mol. The first-order valence-electron chi connectivity index (χ1n) is 10.7. The zero-order valence-corrected chi connectivity index (χ0v) is 21.3. The van der Waals surface area contributed by atoms with E-state index in [4.69, 9.17) is 17.7 Å². The van der Waals surface area contributed by atoms with Gasteiger partial charge in [0, 0.05) is 45.1 Å². The van der Waals surface area contributed by atoms with E-state index < -0.39 is 17.1 Å². The molecule has 0 saturated heterocycles. The number of hydrogen-bond acceptors (Lipinski definition) is 5. The summed E-state index contributed by atoms with van der Waals surface area (Å²) in [6.45, 7) is 21.8. The van der Waals surface area contributed by atoms with Gasteiger partial charge in [-0.15, -0.1) is 0 Å². The van der Waals surface area contributed by atoms with Crippen molar-refractivity contribution in [3.05, 3.63) is 12.2 Å². The monoisotopic (exact) mass is 433 g/mol. The fourth-order valence-corrected chi connectivity index (χ4v) is 8.15. The summed E-state index contributed by atoms with van der Waals surface area (Å²) < 4.78 is 23.6. The Hall–Kier alpha value is -0.516. The van der Waals surface area contributed by atoms with Gasteiger partial charge in [-0.05, 0) is 72.6 Å². The topological polar surface area (TPSA) is 57.2 Å². The zero-order chi connectivity index (χ0) is 21.6. The van der Waals surface area contributed by atoms with Gasteiger partial charge in [0.1, 0.15) is 0 Å². The van der Waals surface area contributed by atoms with Crippen LogP contribution in [0.3, 0.4) is 0 Å². The third-order valence-electron chi connectivity index (χ3n) is 4.57. The maximum absolute atomic E-state index is 12.6. The summed E-state index contributed by atoms with van der Waals surface area (Å²) in [5.41, 5.74) is 0.573. The highest BCUT2D eigenvalue weighted by molar-refractivity contribution is 6.66. The molecule has 166 valence electrons. The average Bonchev–Trinajstić information content (AvgIpc) is 2.60. The van der Waals surface area contributed by atoms with E-state index in [0.29, 0.717) is 45.1 Å². The largest absolute Gasteiger partial charge is 0.395 e. The maximum atomic E-state index is 12.6. The molecule has 28 heavy (non-hydrogen) atoms. The molecule has 0 aromatic rings. The zero-order valence-electron chi connectivity index (χ0n) is 19.3. The lowest BCUT2D eigenvalue weighted by Crippen LogP contribution is -2.41. The van der Waals surface area contributed by atoms with Crippen LogP contribution >= 0.6 is 0 Å². The van der Waals surface area contributed by atoms with E-state index in [2.05, 4.69) is 19.7 Å². The van der Waals surface area contributed by atoms with E-state index in [9.17, 15) is 4.79 Å². The molecule has 0 aliphatic heterocycles. The van der Waals surface area contributed by atoms with Crippen LogP contribution in [0.1, 0.15) is 47.5 Å². The molecule has 0 aromatic heterocycles. The van der Waals surface area contributed by atoms with Crippen molar-refractivity contribution in [2.75, 3.05) is 39.5 Å². The van der Waals surface area contributed by atoms with Crippen LogP contribution in [-0.4, -0.2) is 67.4 Å². The predicted octanol–water partition coefficient (Wildman–Crippen LogP) is 4.46. The van der Waals surface area contributed by atoms with E-state index in [-0.39, 0.29) is 5.91 Å². The van der Waals surface area contributed by atoms with Crippen LogP contribution in [0.5, 0.6) is 0 Å². The molecule has 0 saturated carbocycles. The van der Waals surface area contributed by atoms with Crippen molar-refractivity contribution in [1.82, 2.24) is 4.90 Å². The van der Waals surface area contributed by atoms with Gasteiger partial charge in [-0.3, -0.25) is 4.79 Å². The summed E-state index contributed by atoms with van der Waals surface area (Å²) in [4.78, 5) is 14.5. The Labute approximate surface area is 175 Å². The third kappa shape index (κ3) is 10.9. The quantitative estimate of drug-likeness (QED) is 0.250. The van der Waals surface area contributed by atoms with Gasteiger partial charge < -0.3 is 22.6 Å². The summed E-state index contributed by atoms with van der Waals surface area (Å²) in [5, 5.41) is 0. The molecule has 0 radical (unpaired) electrons. The minimum atomic E-state index is -2.15. The Morgan fingerprint density at radius 1 is 0.786 bits per heavy atom. The fraction of sp³-hybridized carbons (Fsp3) is 0.850. The lowest BCUT2D eigenvalue weighted by Gasteiger charge is -2.29. The molecule has 0 N–H and O–H groups in total. The van der Waals surface area contributed by atoms with Gasteiger partial charge in [-0.2, -0.15) is 0 Å². The second-order valence-corrected chi connectivity index (χ2v) is 14.0. The van der Waals surface area contributed by atoms with Crippen LogP contribution in [0.2, 0.25) is 25.2 Å². The molecule has 0 atom stereocenters. The highest BCUT2D eigenvalue weighted by Crippen LogP contribution is 2.19. The molecule has 0 bridgehead atoms.